The number of carbonyl (C=O) groups excluding carboxylic acids is 1. The fourth-order valence-corrected chi connectivity index (χ4v) is 1.58. The van der Waals surface area contributed by atoms with E-state index in [9.17, 15) is 4.79 Å². The van der Waals surface area contributed by atoms with E-state index in [2.05, 4.69) is 4.74 Å². The van der Waals surface area contributed by atoms with E-state index >= 15 is 0 Å². The molecule has 3 atom stereocenters. The summed E-state index contributed by atoms with van der Waals surface area (Å²) in [5.74, 6) is -0.290. The monoisotopic (exact) mass is 203 g/mol. The highest BCUT2D eigenvalue weighted by molar-refractivity contribution is 5.69. The van der Waals surface area contributed by atoms with Crippen molar-refractivity contribution in [2.75, 3.05) is 13.7 Å². The van der Waals surface area contributed by atoms with E-state index in [0.29, 0.717) is 0 Å². The predicted molar refractivity (Wildman–Crippen MR) is 49.6 cm³/mol. The second kappa shape index (κ2) is 5.29. The van der Waals surface area contributed by atoms with Gasteiger partial charge in [0.15, 0.2) is 0 Å². The van der Waals surface area contributed by atoms with Crippen LogP contribution in [0.25, 0.3) is 0 Å². The molecule has 1 saturated heterocycles. The van der Waals surface area contributed by atoms with E-state index < -0.39 is 0 Å². The summed E-state index contributed by atoms with van der Waals surface area (Å²) in [6.07, 6.45) is 1.23. The summed E-state index contributed by atoms with van der Waals surface area (Å²) >= 11 is 0. The summed E-state index contributed by atoms with van der Waals surface area (Å²) in [5, 5.41) is 8.95. The van der Waals surface area contributed by atoms with Crippen molar-refractivity contribution in [2.45, 2.75) is 37.5 Å². The van der Waals surface area contributed by atoms with Crippen LogP contribution >= 0.6 is 0 Å². The number of rotatable bonds is 3. The predicted octanol–water partition coefficient (Wildman–Crippen LogP) is -0.583. The second-order valence-corrected chi connectivity index (χ2v) is 3.50. The molecule has 14 heavy (non-hydrogen) atoms. The molecule has 1 rings (SSSR count). The highest BCUT2D eigenvalue weighted by atomic mass is 16.5. The van der Waals surface area contributed by atoms with Crippen molar-refractivity contribution in [3.05, 3.63) is 0 Å². The molecule has 0 aliphatic carbocycles. The Morgan fingerprint density at radius 1 is 1.64 bits per heavy atom. The fraction of sp³-hybridized carbons (Fsp3) is 0.889. The summed E-state index contributed by atoms with van der Waals surface area (Å²) in [6.45, 7) is -0.0984. The molecule has 0 spiro atoms. The third-order valence-corrected chi connectivity index (χ3v) is 2.47. The summed E-state index contributed by atoms with van der Waals surface area (Å²) in [6, 6.07) is -0.131. The summed E-state index contributed by atoms with van der Waals surface area (Å²) in [7, 11) is 1.35. The van der Waals surface area contributed by atoms with Gasteiger partial charge in [0, 0.05) is 6.04 Å². The lowest BCUT2D eigenvalue weighted by Gasteiger charge is -2.33. The molecular weight excluding hydrogens is 186 g/mol. The zero-order valence-corrected chi connectivity index (χ0v) is 8.31. The van der Waals surface area contributed by atoms with Gasteiger partial charge < -0.3 is 20.3 Å². The first kappa shape index (κ1) is 11.4. The molecule has 1 fully saturated rings. The normalized spacial score (nSPS) is 32.6. The first-order chi connectivity index (χ1) is 6.67. The van der Waals surface area contributed by atoms with Crippen molar-refractivity contribution in [3.8, 4) is 0 Å². The van der Waals surface area contributed by atoms with Crippen molar-refractivity contribution in [1.29, 1.82) is 0 Å². The van der Waals surface area contributed by atoms with Crippen LogP contribution < -0.4 is 5.73 Å². The lowest BCUT2D eigenvalue weighted by molar-refractivity contribution is -0.148. The number of aliphatic hydroxyl groups is 1. The number of methoxy groups -OCH3 is 1. The Balaban J connectivity index is 2.38. The molecule has 0 aromatic heterocycles. The standard InChI is InChI=1S/C9H17NO4/c1-13-9(12)4-6-2-3-7(10)8(5-11)14-6/h6-8,11H,2-5,10H2,1H3/t6-,7-,8+/m1/s1. The molecule has 0 aromatic rings. The van der Waals surface area contributed by atoms with Gasteiger partial charge >= 0.3 is 5.97 Å². The molecule has 0 radical (unpaired) electrons. The maximum atomic E-state index is 11.0. The summed E-state index contributed by atoms with van der Waals surface area (Å²) in [5.41, 5.74) is 5.71. The van der Waals surface area contributed by atoms with Crippen LogP contribution in [0.1, 0.15) is 19.3 Å². The molecule has 0 aromatic carbocycles. The summed E-state index contributed by atoms with van der Waals surface area (Å²) in [4.78, 5) is 11.0. The minimum atomic E-state index is -0.349. The van der Waals surface area contributed by atoms with E-state index in [1.807, 2.05) is 0 Å². The van der Waals surface area contributed by atoms with Crippen LogP contribution in [0.15, 0.2) is 0 Å². The fourth-order valence-electron chi connectivity index (χ4n) is 1.58. The van der Waals surface area contributed by atoms with Crippen LogP contribution in [0.2, 0.25) is 0 Å². The van der Waals surface area contributed by atoms with E-state index in [-0.39, 0.29) is 37.2 Å². The molecule has 5 nitrogen and oxygen atoms in total. The first-order valence-electron chi connectivity index (χ1n) is 4.76. The van der Waals surface area contributed by atoms with Crippen LogP contribution in [-0.4, -0.2) is 43.0 Å². The number of esters is 1. The highest BCUT2D eigenvalue weighted by Crippen LogP contribution is 2.20. The number of ether oxygens (including phenoxy) is 2. The van der Waals surface area contributed by atoms with Gasteiger partial charge in [-0.25, -0.2) is 0 Å². The zero-order chi connectivity index (χ0) is 10.6. The molecule has 1 aliphatic heterocycles. The third kappa shape index (κ3) is 2.94. The Labute approximate surface area is 83.2 Å². The van der Waals surface area contributed by atoms with Crippen molar-refractivity contribution < 1.29 is 19.4 Å². The van der Waals surface area contributed by atoms with E-state index in [4.69, 9.17) is 15.6 Å². The van der Waals surface area contributed by atoms with Crippen LogP contribution in [-0.2, 0) is 14.3 Å². The Bertz CT molecular complexity index is 197. The van der Waals surface area contributed by atoms with Crippen LogP contribution in [0, 0.1) is 0 Å². The molecule has 5 heteroatoms. The molecule has 1 heterocycles. The first-order valence-corrected chi connectivity index (χ1v) is 4.76. The Hall–Kier alpha value is -0.650. The van der Waals surface area contributed by atoms with Crippen molar-refractivity contribution in [1.82, 2.24) is 0 Å². The number of hydrogen-bond acceptors (Lipinski definition) is 5. The Morgan fingerprint density at radius 3 is 2.93 bits per heavy atom. The highest BCUT2D eigenvalue weighted by Gasteiger charge is 2.29. The van der Waals surface area contributed by atoms with Crippen LogP contribution in [0.5, 0.6) is 0 Å². The maximum absolute atomic E-state index is 11.0. The minimum absolute atomic E-state index is 0.0984. The van der Waals surface area contributed by atoms with Gasteiger partial charge in [-0.3, -0.25) is 4.79 Å². The van der Waals surface area contributed by atoms with Gasteiger partial charge in [-0.15, -0.1) is 0 Å². The second-order valence-electron chi connectivity index (χ2n) is 3.50. The molecule has 3 N–H and O–H groups in total. The Kier molecular flexibility index (Phi) is 4.31. The number of carbonyl (C=O) groups is 1. The largest absolute Gasteiger partial charge is 0.469 e. The van der Waals surface area contributed by atoms with Gasteiger partial charge in [0.25, 0.3) is 0 Å². The van der Waals surface area contributed by atoms with Gasteiger partial charge in [-0.05, 0) is 12.8 Å². The van der Waals surface area contributed by atoms with Gasteiger partial charge in [0.1, 0.15) is 0 Å². The lowest BCUT2D eigenvalue weighted by Crippen LogP contribution is -2.46. The van der Waals surface area contributed by atoms with Crippen molar-refractivity contribution in [3.63, 3.8) is 0 Å². The molecule has 0 saturated carbocycles. The maximum Gasteiger partial charge on any atom is 0.308 e. The van der Waals surface area contributed by atoms with Gasteiger partial charge in [-0.2, -0.15) is 0 Å². The van der Waals surface area contributed by atoms with Gasteiger partial charge in [-0.1, -0.05) is 0 Å². The van der Waals surface area contributed by atoms with Crippen molar-refractivity contribution in [2.24, 2.45) is 5.73 Å². The molecule has 0 unspecified atom stereocenters. The smallest absolute Gasteiger partial charge is 0.308 e. The topological polar surface area (TPSA) is 81.8 Å². The molecule has 82 valence electrons. The van der Waals surface area contributed by atoms with E-state index in [0.717, 1.165) is 12.8 Å². The molecule has 1 aliphatic rings. The van der Waals surface area contributed by atoms with Gasteiger partial charge in [0.2, 0.25) is 0 Å². The zero-order valence-electron chi connectivity index (χ0n) is 8.31. The van der Waals surface area contributed by atoms with Gasteiger partial charge in [0.05, 0.1) is 32.3 Å². The van der Waals surface area contributed by atoms with E-state index in [1.165, 1.54) is 7.11 Å². The lowest BCUT2D eigenvalue weighted by atomic mass is 9.98. The quantitative estimate of drug-likeness (QED) is 0.599. The number of nitrogens with two attached hydrogens (primary N) is 1. The van der Waals surface area contributed by atoms with E-state index in [1.54, 1.807) is 0 Å². The SMILES string of the molecule is COC(=O)C[C@H]1CC[C@@H](N)[C@H](CO)O1. The molecule has 0 bridgehead atoms. The molecular formula is C9H17NO4. The summed E-state index contributed by atoms with van der Waals surface area (Å²) < 4.78 is 9.98. The average molecular weight is 203 g/mol. The average Bonchev–Trinajstić information content (AvgIpc) is 2.20. The third-order valence-electron chi connectivity index (χ3n) is 2.47. The minimum Gasteiger partial charge on any atom is -0.469 e. The number of hydrogen-bond donors (Lipinski definition) is 2. The molecule has 0 amide bonds. The van der Waals surface area contributed by atoms with Crippen LogP contribution in [0.3, 0.4) is 0 Å². The van der Waals surface area contributed by atoms with Crippen LogP contribution in [0.4, 0.5) is 0 Å². The Morgan fingerprint density at radius 2 is 2.36 bits per heavy atom. The number of aliphatic hydroxyl groups excluding tert-OH is 1. The van der Waals surface area contributed by atoms with Crippen molar-refractivity contribution >= 4 is 5.97 Å².